The van der Waals surface area contributed by atoms with Crippen LogP contribution < -0.4 is 4.90 Å². The van der Waals surface area contributed by atoms with Gasteiger partial charge in [0, 0.05) is 19.7 Å². The van der Waals surface area contributed by atoms with Gasteiger partial charge in [-0.3, -0.25) is 4.68 Å². The van der Waals surface area contributed by atoms with Crippen molar-refractivity contribution in [2.45, 2.75) is 19.0 Å². The van der Waals surface area contributed by atoms with E-state index in [2.05, 4.69) is 5.10 Å². The topological polar surface area (TPSA) is 21.1 Å². The van der Waals surface area contributed by atoms with E-state index in [9.17, 15) is 13.2 Å². The van der Waals surface area contributed by atoms with Crippen molar-refractivity contribution in [3.8, 4) is 0 Å². The van der Waals surface area contributed by atoms with Gasteiger partial charge in [-0.2, -0.15) is 18.3 Å². The molecule has 0 fully saturated rings. The highest BCUT2D eigenvalue weighted by Crippen LogP contribution is 2.26. The molecule has 0 spiro atoms. The fourth-order valence-corrected chi connectivity index (χ4v) is 1.98. The minimum absolute atomic E-state index is 0.150. The molecule has 0 aromatic carbocycles. The fourth-order valence-electron chi connectivity index (χ4n) is 1.67. The van der Waals surface area contributed by atoms with Crippen molar-refractivity contribution < 1.29 is 13.2 Å². The summed E-state index contributed by atoms with van der Waals surface area (Å²) < 4.78 is 38.2. The Morgan fingerprint density at radius 1 is 1.44 bits per heavy atom. The molecule has 1 aromatic rings. The highest BCUT2D eigenvalue weighted by Gasteiger charge is 2.31. The molecule has 1 aromatic heterocycles. The van der Waals surface area contributed by atoms with Crippen molar-refractivity contribution in [2.75, 3.05) is 18.5 Å². The van der Waals surface area contributed by atoms with Crippen molar-refractivity contribution in [2.24, 2.45) is 7.05 Å². The first kappa shape index (κ1) is 13.2. The number of rotatable bonds is 3. The van der Waals surface area contributed by atoms with Crippen LogP contribution in [-0.2, 0) is 12.9 Å². The Morgan fingerprint density at radius 2 is 2.00 bits per heavy atom. The molecule has 0 bridgehead atoms. The Kier molecular flexibility index (Phi) is 3.72. The van der Waals surface area contributed by atoms with Crippen LogP contribution in [-0.4, -0.2) is 29.5 Å². The maximum Gasteiger partial charge on any atom is 0.405 e. The molecule has 0 saturated heterocycles. The van der Waals surface area contributed by atoms with E-state index in [-0.39, 0.29) is 5.88 Å². The summed E-state index contributed by atoms with van der Waals surface area (Å²) in [6.07, 6.45) is -4.24. The average molecular weight is 256 g/mol. The maximum atomic E-state index is 12.3. The lowest BCUT2D eigenvalue weighted by Crippen LogP contribution is -2.32. The van der Waals surface area contributed by atoms with Crippen molar-refractivity contribution >= 4 is 17.4 Å². The van der Waals surface area contributed by atoms with Gasteiger partial charge in [0.25, 0.3) is 0 Å². The minimum atomic E-state index is -4.24. The Morgan fingerprint density at radius 3 is 2.44 bits per heavy atom. The predicted molar refractivity (Wildman–Crippen MR) is 56.8 cm³/mol. The van der Waals surface area contributed by atoms with E-state index < -0.39 is 12.7 Å². The maximum absolute atomic E-state index is 12.3. The molecule has 1 rings (SSSR count). The van der Waals surface area contributed by atoms with E-state index in [0.29, 0.717) is 17.1 Å². The molecule has 7 heteroatoms. The summed E-state index contributed by atoms with van der Waals surface area (Å²) >= 11 is 5.70. The molecule has 3 nitrogen and oxygen atoms in total. The molecule has 92 valence electrons. The molecule has 0 aliphatic heterocycles. The van der Waals surface area contributed by atoms with E-state index in [1.807, 2.05) is 0 Å². The van der Waals surface area contributed by atoms with Crippen LogP contribution >= 0.6 is 11.6 Å². The van der Waals surface area contributed by atoms with Crippen LogP contribution in [0.5, 0.6) is 0 Å². The third-order valence-electron chi connectivity index (χ3n) is 2.22. The number of halogens is 4. The van der Waals surface area contributed by atoms with Crippen LogP contribution in [0.3, 0.4) is 0 Å². The lowest BCUT2D eigenvalue weighted by molar-refractivity contribution is -0.119. The molecule has 0 unspecified atom stereocenters. The molecular weight excluding hydrogens is 243 g/mol. The summed E-state index contributed by atoms with van der Waals surface area (Å²) in [5.41, 5.74) is 1.29. The lowest BCUT2D eigenvalue weighted by atomic mass is 10.2. The molecule has 0 aliphatic rings. The molecule has 0 aliphatic carbocycles. The molecule has 0 saturated carbocycles. The first-order chi connectivity index (χ1) is 7.26. The van der Waals surface area contributed by atoms with Gasteiger partial charge in [-0.15, -0.1) is 11.6 Å². The van der Waals surface area contributed by atoms with E-state index in [1.54, 1.807) is 14.0 Å². The number of anilines is 1. The normalized spacial score (nSPS) is 11.9. The van der Waals surface area contributed by atoms with Crippen LogP contribution in [0.1, 0.15) is 11.3 Å². The third kappa shape index (κ3) is 2.81. The number of alkyl halides is 4. The molecule has 0 radical (unpaired) electrons. The van der Waals surface area contributed by atoms with E-state index in [0.717, 1.165) is 4.90 Å². The van der Waals surface area contributed by atoms with Crippen LogP contribution in [0.15, 0.2) is 0 Å². The van der Waals surface area contributed by atoms with Gasteiger partial charge in [-0.05, 0) is 6.92 Å². The monoisotopic (exact) mass is 255 g/mol. The van der Waals surface area contributed by atoms with Gasteiger partial charge in [0.2, 0.25) is 0 Å². The summed E-state index contributed by atoms with van der Waals surface area (Å²) in [6.45, 7) is 0.707. The average Bonchev–Trinajstić information content (AvgIpc) is 2.37. The van der Waals surface area contributed by atoms with Gasteiger partial charge in [0.15, 0.2) is 0 Å². The highest BCUT2D eigenvalue weighted by molar-refractivity contribution is 6.17. The number of aryl methyl sites for hydroxylation is 2. The zero-order chi connectivity index (χ0) is 12.5. The van der Waals surface area contributed by atoms with Crippen molar-refractivity contribution in [3.63, 3.8) is 0 Å². The first-order valence-electron chi connectivity index (χ1n) is 4.62. The van der Waals surface area contributed by atoms with Crippen LogP contribution in [0, 0.1) is 6.92 Å². The van der Waals surface area contributed by atoms with Gasteiger partial charge in [0.1, 0.15) is 12.4 Å². The van der Waals surface area contributed by atoms with Gasteiger partial charge in [-0.25, -0.2) is 0 Å². The quantitative estimate of drug-likeness (QED) is 0.774. The second-order valence-electron chi connectivity index (χ2n) is 3.62. The Balaban J connectivity index is 3.03. The summed E-state index contributed by atoms with van der Waals surface area (Å²) in [5.74, 6) is 0.557. The highest BCUT2D eigenvalue weighted by atomic mass is 35.5. The summed E-state index contributed by atoms with van der Waals surface area (Å²) in [4.78, 5) is 1.11. The fraction of sp³-hybridized carbons (Fsp3) is 0.667. The summed E-state index contributed by atoms with van der Waals surface area (Å²) in [6, 6.07) is 0. The second-order valence-corrected chi connectivity index (χ2v) is 3.88. The van der Waals surface area contributed by atoms with Crippen molar-refractivity contribution in [1.29, 1.82) is 0 Å². The largest absolute Gasteiger partial charge is 0.405 e. The number of hydrogen-bond donors (Lipinski definition) is 0. The van der Waals surface area contributed by atoms with Crippen LogP contribution in [0.2, 0.25) is 0 Å². The Labute approximate surface area is 96.8 Å². The van der Waals surface area contributed by atoms with Crippen LogP contribution in [0.25, 0.3) is 0 Å². The number of hydrogen-bond acceptors (Lipinski definition) is 2. The van der Waals surface area contributed by atoms with Crippen molar-refractivity contribution in [1.82, 2.24) is 9.78 Å². The van der Waals surface area contributed by atoms with Gasteiger partial charge in [-0.1, -0.05) is 0 Å². The molecule has 0 N–H and O–H groups in total. The minimum Gasteiger partial charge on any atom is -0.351 e. The van der Waals surface area contributed by atoms with Crippen molar-refractivity contribution in [3.05, 3.63) is 11.3 Å². The van der Waals surface area contributed by atoms with E-state index in [4.69, 9.17) is 11.6 Å². The second kappa shape index (κ2) is 4.53. The number of nitrogens with zero attached hydrogens (tertiary/aromatic N) is 3. The molecular formula is C9H13ClF3N3. The molecule has 1 heterocycles. The summed E-state index contributed by atoms with van der Waals surface area (Å²) in [7, 11) is 2.98. The lowest BCUT2D eigenvalue weighted by Gasteiger charge is -2.21. The Bertz CT molecular complexity index is 373. The standard InChI is InChI=1S/C9H13ClF3N3/c1-6-7(4-10)8(16(3)14-6)15(2)5-9(11,12)13/h4-5H2,1-3H3. The molecule has 0 atom stereocenters. The number of aromatic nitrogens is 2. The van der Waals surface area contributed by atoms with Crippen LogP contribution in [0.4, 0.5) is 19.0 Å². The van der Waals surface area contributed by atoms with Gasteiger partial charge < -0.3 is 4.90 Å². The SMILES string of the molecule is Cc1nn(C)c(N(C)CC(F)(F)F)c1CCl. The first-order valence-corrected chi connectivity index (χ1v) is 5.16. The van der Waals surface area contributed by atoms with E-state index in [1.165, 1.54) is 11.7 Å². The summed E-state index contributed by atoms with van der Waals surface area (Å²) in [5, 5.41) is 4.06. The smallest absolute Gasteiger partial charge is 0.351 e. The Hall–Kier alpha value is -0.910. The zero-order valence-corrected chi connectivity index (χ0v) is 10.0. The van der Waals surface area contributed by atoms with E-state index >= 15 is 0 Å². The zero-order valence-electron chi connectivity index (χ0n) is 9.27. The van der Waals surface area contributed by atoms with Gasteiger partial charge in [0.05, 0.1) is 11.6 Å². The predicted octanol–water partition coefficient (Wildman–Crippen LogP) is 2.47. The molecule has 0 amide bonds. The van der Waals surface area contributed by atoms with Gasteiger partial charge >= 0.3 is 6.18 Å². The third-order valence-corrected chi connectivity index (χ3v) is 2.49. The molecule has 16 heavy (non-hydrogen) atoms.